The maximum Gasteiger partial charge on any atom is 0.234 e. The minimum absolute atomic E-state index is 0.105. The average Bonchev–Trinajstić information content (AvgIpc) is 4.09. The van der Waals surface area contributed by atoms with Crippen LogP contribution in [0.5, 0.6) is 11.5 Å². The second-order valence-corrected chi connectivity index (χ2v) is 26.7. The Hall–Kier alpha value is -7.21. The SMILES string of the molecule is C[Si](COc1cc(C(=O)c2ccc(CN3C(=O)C4C5C=CC(C5)C4C3=O)cc2)c(OC[Si](C)(c2ccccc2)c2ccccc2)cc1C(=O)c1ccccc1)(c1ccccc1)c1ccccc1. The van der Waals surface area contributed by atoms with Crippen molar-refractivity contribution in [1.29, 1.82) is 0 Å². The van der Waals surface area contributed by atoms with Crippen molar-refractivity contribution < 1.29 is 28.7 Å². The molecule has 7 nitrogen and oxygen atoms in total. The number of rotatable bonds is 16. The lowest BCUT2D eigenvalue weighted by molar-refractivity contribution is -0.141. The van der Waals surface area contributed by atoms with Crippen molar-refractivity contribution in [3.05, 3.63) is 228 Å². The number of likely N-dealkylation sites (tertiary alicyclic amines) is 1. The van der Waals surface area contributed by atoms with Gasteiger partial charge in [-0.2, -0.15) is 0 Å². The molecule has 0 aromatic heterocycles. The van der Waals surface area contributed by atoms with Gasteiger partial charge in [0.2, 0.25) is 11.8 Å². The zero-order chi connectivity index (χ0) is 46.1. The summed E-state index contributed by atoms with van der Waals surface area (Å²) in [6, 6.07) is 61.0. The fraction of sp³-hybridized carbons (Fsp3) is 0.172. The first-order chi connectivity index (χ1) is 32.6. The minimum atomic E-state index is -2.62. The number of carbonyl (C=O) groups excluding carboxylic acids is 4. The summed E-state index contributed by atoms with van der Waals surface area (Å²) >= 11 is 0. The molecule has 3 aliphatic rings. The van der Waals surface area contributed by atoms with Gasteiger partial charge in [-0.15, -0.1) is 0 Å². The van der Waals surface area contributed by atoms with Gasteiger partial charge in [0.15, 0.2) is 27.7 Å². The number of ether oxygens (including phenoxy) is 2. The van der Waals surface area contributed by atoms with Gasteiger partial charge >= 0.3 is 0 Å². The topological polar surface area (TPSA) is 90.0 Å². The van der Waals surface area contributed by atoms with Crippen LogP contribution in [-0.2, 0) is 16.1 Å². The van der Waals surface area contributed by atoms with E-state index in [1.165, 1.54) is 25.6 Å². The molecule has 10 rings (SSSR count). The first-order valence-corrected chi connectivity index (χ1v) is 28.5. The third-order valence-electron chi connectivity index (χ3n) is 14.4. The average molecular weight is 914 g/mol. The summed E-state index contributed by atoms with van der Waals surface area (Å²) in [7, 11) is -5.22. The molecule has 0 spiro atoms. The smallest absolute Gasteiger partial charge is 0.234 e. The van der Waals surface area contributed by atoms with Gasteiger partial charge in [0.1, 0.15) is 11.5 Å². The van der Waals surface area contributed by atoms with Crippen molar-refractivity contribution in [2.45, 2.75) is 26.1 Å². The van der Waals surface area contributed by atoms with Crippen molar-refractivity contribution in [3.63, 3.8) is 0 Å². The normalized spacial score (nSPS) is 18.5. The molecule has 7 aromatic rings. The number of nitrogens with zero attached hydrogens (tertiary/aromatic N) is 1. The Morgan fingerprint density at radius 2 is 0.836 bits per heavy atom. The Morgan fingerprint density at radius 1 is 0.493 bits per heavy atom. The Labute approximate surface area is 393 Å². The maximum absolute atomic E-state index is 15.1. The van der Waals surface area contributed by atoms with Gasteiger partial charge in [0.05, 0.1) is 42.0 Å². The van der Waals surface area contributed by atoms with E-state index in [0.717, 1.165) is 12.0 Å². The van der Waals surface area contributed by atoms with Crippen molar-refractivity contribution in [3.8, 4) is 11.5 Å². The number of allylic oxidation sites excluding steroid dienone is 2. The van der Waals surface area contributed by atoms with Crippen molar-refractivity contribution in [2.75, 3.05) is 12.5 Å². The highest BCUT2D eigenvalue weighted by Crippen LogP contribution is 2.52. The van der Waals surface area contributed by atoms with Gasteiger partial charge in [-0.05, 0) is 36.0 Å². The van der Waals surface area contributed by atoms with Crippen LogP contribution in [0.2, 0.25) is 13.1 Å². The van der Waals surface area contributed by atoms with Crippen LogP contribution in [0.4, 0.5) is 0 Å². The molecule has 0 N–H and O–H groups in total. The highest BCUT2D eigenvalue weighted by Gasteiger charge is 2.59. The first-order valence-electron chi connectivity index (χ1n) is 23.0. The molecule has 67 heavy (non-hydrogen) atoms. The van der Waals surface area contributed by atoms with E-state index in [0.29, 0.717) is 22.9 Å². The zero-order valence-corrected chi connectivity index (χ0v) is 39.6. The third-order valence-corrected chi connectivity index (χ3v) is 22.3. The summed E-state index contributed by atoms with van der Waals surface area (Å²) in [6.07, 6.45) is 5.64. The molecule has 1 saturated heterocycles. The molecule has 332 valence electrons. The number of hydrogen-bond donors (Lipinski definition) is 0. The van der Waals surface area contributed by atoms with Crippen molar-refractivity contribution in [1.82, 2.24) is 4.90 Å². The third kappa shape index (κ3) is 8.23. The highest BCUT2D eigenvalue weighted by molar-refractivity contribution is 7.02. The van der Waals surface area contributed by atoms with Gasteiger partial charge in [-0.3, -0.25) is 24.1 Å². The standard InChI is InChI=1S/C58H51NO6Si2/c1-66(45-20-10-4-11-21-45,46-22-12-5-13-23-46)38-64-51-36-50(56(61)42-30-28-40(29-31-42)37-59-57(62)53-43-32-33-44(34-43)54(53)58(59)63)52(35-49(51)55(60)41-18-8-3-9-19-41)65-39-67(2,47-24-14-6-15-25-47)48-26-16-7-17-27-48/h3-33,35-36,43-44,53-54H,34,37-39H2,1-2H3. The van der Waals surface area contributed by atoms with Gasteiger partial charge in [-0.1, -0.05) is 222 Å². The summed E-state index contributed by atoms with van der Waals surface area (Å²) in [5, 5.41) is 4.67. The van der Waals surface area contributed by atoms with E-state index < -0.39 is 16.1 Å². The van der Waals surface area contributed by atoms with Crippen LogP contribution >= 0.6 is 0 Å². The number of imide groups is 1. The van der Waals surface area contributed by atoms with E-state index in [9.17, 15) is 14.4 Å². The molecule has 9 heteroatoms. The Morgan fingerprint density at radius 3 is 1.21 bits per heavy atom. The molecular formula is C58H51NO6Si2. The lowest BCUT2D eigenvalue weighted by Gasteiger charge is -2.30. The van der Waals surface area contributed by atoms with Crippen LogP contribution in [0.3, 0.4) is 0 Å². The van der Waals surface area contributed by atoms with Crippen LogP contribution < -0.4 is 30.2 Å². The molecule has 0 radical (unpaired) electrons. The highest BCUT2D eigenvalue weighted by atomic mass is 28.3. The number of carbonyl (C=O) groups is 4. The molecule has 4 atom stereocenters. The van der Waals surface area contributed by atoms with Crippen molar-refractivity contribution >= 4 is 60.3 Å². The van der Waals surface area contributed by atoms with Crippen LogP contribution in [0.15, 0.2) is 200 Å². The minimum Gasteiger partial charge on any atom is -0.496 e. The predicted octanol–water partition coefficient (Wildman–Crippen LogP) is 8.08. The molecule has 2 fully saturated rings. The number of fused-ring (bicyclic) bond motifs is 5. The quantitative estimate of drug-likeness (QED) is 0.0422. The Balaban J connectivity index is 1.05. The lowest BCUT2D eigenvalue weighted by Crippen LogP contribution is -2.60. The van der Waals surface area contributed by atoms with E-state index in [2.05, 4.69) is 73.8 Å². The summed E-state index contributed by atoms with van der Waals surface area (Å²) < 4.78 is 13.9. The van der Waals surface area contributed by atoms with E-state index >= 15 is 4.79 Å². The van der Waals surface area contributed by atoms with Crippen LogP contribution in [0, 0.1) is 23.7 Å². The second kappa shape index (κ2) is 18.2. The molecule has 2 amide bonds. The maximum atomic E-state index is 15.1. The monoisotopic (exact) mass is 913 g/mol. The van der Waals surface area contributed by atoms with E-state index in [1.54, 1.807) is 36.4 Å². The molecule has 1 heterocycles. The van der Waals surface area contributed by atoms with Gasteiger partial charge in [0.25, 0.3) is 0 Å². The van der Waals surface area contributed by atoms with E-state index in [4.69, 9.17) is 9.47 Å². The molecule has 4 unspecified atom stereocenters. The number of amides is 2. The van der Waals surface area contributed by atoms with Crippen LogP contribution in [-0.4, -0.2) is 56.9 Å². The number of ketones is 2. The molecule has 1 aliphatic heterocycles. The zero-order valence-electron chi connectivity index (χ0n) is 37.6. The Bertz CT molecular complexity index is 2870. The van der Waals surface area contributed by atoms with Crippen LogP contribution in [0.25, 0.3) is 0 Å². The Kier molecular flexibility index (Phi) is 11.9. The van der Waals surface area contributed by atoms with E-state index in [1.807, 2.05) is 103 Å². The summed E-state index contributed by atoms with van der Waals surface area (Å²) in [5.74, 6) is -0.498. The summed E-state index contributed by atoms with van der Waals surface area (Å²) in [6.45, 7) is 4.67. The number of hydrogen-bond acceptors (Lipinski definition) is 6. The first kappa shape index (κ1) is 43.7. The van der Waals surface area contributed by atoms with Gasteiger partial charge in [-0.25, -0.2) is 0 Å². The fourth-order valence-corrected chi connectivity index (χ4v) is 16.4. The van der Waals surface area contributed by atoms with Gasteiger partial charge < -0.3 is 9.47 Å². The fourth-order valence-electron chi connectivity index (χ4n) is 10.5. The number of benzene rings is 7. The second-order valence-electron chi connectivity index (χ2n) is 18.5. The lowest BCUT2D eigenvalue weighted by atomic mass is 9.85. The molecule has 2 aliphatic carbocycles. The summed E-state index contributed by atoms with van der Waals surface area (Å²) in [5.41, 5.74) is 2.17. The largest absolute Gasteiger partial charge is 0.496 e. The van der Waals surface area contributed by atoms with Crippen molar-refractivity contribution in [2.24, 2.45) is 23.7 Å². The predicted molar refractivity (Wildman–Crippen MR) is 268 cm³/mol. The molecule has 1 saturated carbocycles. The molecular weight excluding hydrogens is 863 g/mol. The van der Waals surface area contributed by atoms with Gasteiger partial charge in [0, 0.05) is 11.1 Å². The van der Waals surface area contributed by atoms with E-state index in [-0.39, 0.29) is 76.9 Å². The summed E-state index contributed by atoms with van der Waals surface area (Å²) in [4.78, 5) is 58.4. The molecule has 7 aromatic carbocycles. The molecule has 2 bridgehead atoms. The van der Waals surface area contributed by atoms with Crippen LogP contribution in [0.1, 0.15) is 43.8 Å².